The fourth-order valence-electron chi connectivity index (χ4n) is 6.33. The van der Waals surface area contributed by atoms with Crippen LogP contribution in [-0.2, 0) is 0 Å². The maximum atomic E-state index is 12.0. The first-order valence-corrected chi connectivity index (χ1v) is 16.6. The number of hydrogen-bond donors (Lipinski definition) is 3. The van der Waals surface area contributed by atoms with Gasteiger partial charge in [0.05, 0.1) is 16.7 Å². The summed E-state index contributed by atoms with van der Waals surface area (Å²) in [5.41, 5.74) is 3.13. The van der Waals surface area contributed by atoms with Crippen molar-refractivity contribution in [2.45, 2.75) is 75.3 Å². The topological polar surface area (TPSA) is 93.5 Å². The van der Waals surface area contributed by atoms with Crippen molar-refractivity contribution in [2.24, 2.45) is 5.92 Å². The van der Waals surface area contributed by atoms with Gasteiger partial charge in [0.2, 0.25) is 0 Å². The molecule has 0 spiro atoms. The fourth-order valence-corrected chi connectivity index (χ4v) is 9.01. The molecule has 9 heteroatoms. The molecule has 1 aliphatic heterocycles. The minimum atomic E-state index is -3.36. The Kier molecular flexibility index (Phi) is 7.61. The van der Waals surface area contributed by atoms with E-state index in [2.05, 4.69) is 17.0 Å². The zero-order valence-electron chi connectivity index (χ0n) is 23.1. The van der Waals surface area contributed by atoms with Gasteiger partial charge in [-0.2, -0.15) is 4.31 Å². The molecule has 2 aromatic carbocycles. The fraction of sp³-hybridized carbons (Fsp3) is 0.452. The van der Waals surface area contributed by atoms with Gasteiger partial charge in [0.15, 0.2) is 0 Å². The molecule has 1 aromatic heterocycles. The van der Waals surface area contributed by atoms with Crippen LogP contribution in [0.2, 0.25) is 0 Å². The number of rotatable bonds is 6. The molecule has 1 unspecified atom stereocenters. The van der Waals surface area contributed by atoms with E-state index in [0.29, 0.717) is 34.2 Å². The van der Waals surface area contributed by atoms with E-state index < -0.39 is 16.7 Å². The summed E-state index contributed by atoms with van der Waals surface area (Å²) in [6.45, 7) is 2.43. The van der Waals surface area contributed by atoms with Gasteiger partial charge >= 0.3 is 5.97 Å². The lowest BCUT2D eigenvalue weighted by molar-refractivity contribution is 0.0701. The highest BCUT2D eigenvalue weighted by Crippen LogP contribution is 2.61. The lowest BCUT2D eigenvalue weighted by Gasteiger charge is -2.46. The van der Waals surface area contributed by atoms with E-state index in [4.69, 9.17) is 4.74 Å². The molecule has 6 rings (SSSR count). The summed E-state index contributed by atoms with van der Waals surface area (Å²) in [6.07, 6.45) is 8.90. The lowest BCUT2D eigenvalue weighted by atomic mass is 9.83. The molecule has 0 saturated heterocycles. The number of aromatic carboxylic acids is 1. The third-order valence-corrected chi connectivity index (χ3v) is 12.1. The number of aryl methyl sites for hydroxylation is 1. The summed E-state index contributed by atoms with van der Waals surface area (Å²) in [7, 11) is -1.51. The quantitative estimate of drug-likeness (QED) is 0.269. The van der Waals surface area contributed by atoms with E-state index in [1.54, 1.807) is 6.92 Å². The normalized spacial score (nSPS) is 22.7. The Morgan fingerprint density at radius 3 is 2.35 bits per heavy atom. The van der Waals surface area contributed by atoms with Gasteiger partial charge in [0, 0.05) is 41.8 Å². The summed E-state index contributed by atoms with van der Waals surface area (Å²) in [5.74, 6) is 0.0739. The molecule has 40 heavy (non-hydrogen) atoms. The van der Waals surface area contributed by atoms with Crippen LogP contribution in [0.4, 0.5) is 11.4 Å². The number of hydrogen-bond acceptors (Lipinski definition) is 7. The van der Waals surface area contributed by atoms with Crippen LogP contribution in [0.5, 0.6) is 5.75 Å². The average molecular weight is 583 g/mol. The molecule has 2 heterocycles. The number of carbonyl (C=O) groups is 1. The Morgan fingerprint density at radius 2 is 1.73 bits per heavy atom. The number of fused-ring (bicyclic) bond motifs is 1. The molecule has 7 nitrogen and oxygen atoms in total. The Hall–Kier alpha value is -2.56. The van der Waals surface area contributed by atoms with Gasteiger partial charge in [-0.25, -0.2) is 4.79 Å². The lowest BCUT2D eigenvalue weighted by Crippen LogP contribution is -2.45. The van der Waals surface area contributed by atoms with Crippen LogP contribution in [-0.4, -0.2) is 50.2 Å². The van der Waals surface area contributed by atoms with Gasteiger partial charge in [-0.3, -0.25) is 9.11 Å². The molecular weight excluding hydrogens is 544 g/mol. The van der Waals surface area contributed by atoms with Gasteiger partial charge < -0.3 is 14.7 Å². The van der Waals surface area contributed by atoms with E-state index in [1.165, 1.54) is 30.6 Å². The average Bonchev–Trinajstić information content (AvgIpc) is 3.30. The van der Waals surface area contributed by atoms with Crippen molar-refractivity contribution in [1.29, 1.82) is 0 Å². The third kappa shape index (κ3) is 5.03. The number of carboxylic acids is 1. The predicted octanol–water partition coefficient (Wildman–Crippen LogP) is 8.41. The van der Waals surface area contributed by atoms with Crippen molar-refractivity contribution in [3.63, 3.8) is 0 Å². The molecule has 3 N–H and O–H groups in total. The van der Waals surface area contributed by atoms with Gasteiger partial charge in [0.1, 0.15) is 10.6 Å². The SMILES string of the molecule is Cc1cc(-c2cc3c(cc2OC2CCC2)N(c2ccccc2)CC(C2CCCCC2)N(C)S3(O)O)sc1C(=O)O. The van der Waals surface area contributed by atoms with E-state index in [-0.39, 0.29) is 17.0 Å². The van der Waals surface area contributed by atoms with Crippen molar-refractivity contribution in [1.82, 2.24) is 4.31 Å². The Bertz CT molecular complexity index is 1380. The zero-order chi connectivity index (χ0) is 28.0. The summed E-state index contributed by atoms with van der Waals surface area (Å²) in [4.78, 5) is 15.6. The molecule has 3 aromatic rings. The van der Waals surface area contributed by atoms with Crippen LogP contribution in [0.1, 0.15) is 66.6 Å². The second-order valence-electron chi connectivity index (χ2n) is 11.4. The summed E-state index contributed by atoms with van der Waals surface area (Å²) < 4.78 is 32.4. The van der Waals surface area contributed by atoms with Crippen LogP contribution >= 0.6 is 22.1 Å². The number of ether oxygens (including phenoxy) is 1. The molecule has 2 aliphatic carbocycles. The van der Waals surface area contributed by atoms with Crippen LogP contribution in [0.15, 0.2) is 53.4 Å². The molecule has 0 radical (unpaired) electrons. The second kappa shape index (κ2) is 11.0. The van der Waals surface area contributed by atoms with Crippen molar-refractivity contribution in [3.8, 4) is 16.2 Å². The third-order valence-electron chi connectivity index (χ3n) is 8.87. The van der Waals surface area contributed by atoms with Crippen molar-refractivity contribution >= 4 is 39.5 Å². The number of nitrogens with zero attached hydrogens (tertiary/aromatic N) is 2. The maximum Gasteiger partial charge on any atom is 0.346 e. The van der Waals surface area contributed by atoms with Crippen LogP contribution in [0.25, 0.3) is 10.4 Å². The maximum absolute atomic E-state index is 12.0. The standard InChI is InChI=1S/C31H38N2O5S2/c1-20-16-28(39-30(20)31(34)35)24-17-29-25(18-27(24)38-23-14-9-15-23)33(22-12-7-4-8-13-22)19-26(32(2)40(29,36)37)21-10-5-3-6-11-21/h4,7-8,12-13,16-18,21,23,26,36-37H,3,5-6,9-11,14-15,19H2,1-2H3,(H,34,35). The minimum Gasteiger partial charge on any atom is -0.490 e. The van der Waals surface area contributed by atoms with Crippen molar-refractivity contribution < 1.29 is 23.7 Å². The molecule has 0 amide bonds. The minimum absolute atomic E-state index is 0.0417. The number of likely N-dealkylation sites (N-methyl/N-ethyl adjacent to an activating group) is 1. The van der Waals surface area contributed by atoms with E-state index in [1.807, 2.05) is 47.8 Å². The van der Waals surface area contributed by atoms with Crippen molar-refractivity contribution in [3.05, 3.63) is 59.0 Å². The number of anilines is 2. The number of thiophene rings is 1. The molecular formula is C31H38N2O5S2. The van der Waals surface area contributed by atoms with Gasteiger partial charge in [0.25, 0.3) is 0 Å². The van der Waals surface area contributed by atoms with Gasteiger partial charge in [-0.1, -0.05) is 37.5 Å². The van der Waals surface area contributed by atoms with E-state index in [0.717, 1.165) is 48.4 Å². The molecule has 2 saturated carbocycles. The zero-order valence-corrected chi connectivity index (χ0v) is 24.7. The molecule has 214 valence electrons. The molecule has 2 fully saturated rings. The van der Waals surface area contributed by atoms with Crippen LogP contribution in [0.3, 0.4) is 0 Å². The smallest absolute Gasteiger partial charge is 0.346 e. The van der Waals surface area contributed by atoms with Crippen molar-refractivity contribution in [2.75, 3.05) is 18.5 Å². The predicted molar refractivity (Wildman–Crippen MR) is 162 cm³/mol. The summed E-state index contributed by atoms with van der Waals surface area (Å²) in [5, 5.41) is 9.74. The highest BCUT2D eigenvalue weighted by atomic mass is 32.3. The summed E-state index contributed by atoms with van der Waals surface area (Å²) >= 11 is 1.20. The molecule has 3 aliphatic rings. The first kappa shape index (κ1) is 27.6. The Balaban J connectivity index is 1.55. The van der Waals surface area contributed by atoms with Gasteiger partial charge in [-0.15, -0.1) is 22.1 Å². The van der Waals surface area contributed by atoms with E-state index >= 15 is 0 Å². The Labute approximate surface area is 241 Å². The van der Waals surface area contributed by atoms with Crippen LogP contribution in [0, 0.1) is 12.8 Å². The summed E-state index contributed by atoms with van der Waals surface area (Å²) in [6, 6.07) is 15.8. The number of carboxylic acid groups (broad SMARTS) is 1. The molecule has 1 atom stereocenters. The number of benzene rings is 2. The highest BCUT2D eigenvalue weighted by molar-refractivity contribution is 8.22. The monoisotopic (exact) mass is 582 g/mol. The highest BCUT2D eigenvalue weighted by Gasteiger charge is 2.42. The largest absolute Gasteiger partial charge is 0.490 e. The first-order chi connectivity index (χ1) is 19.2. The van der Waals surface area contributed by atoms with Crippen LogP contribution < -0.4 is 9.64 Å². The molecule has 0 bridgehead atoms. The second-order valence-corrected chi connectivity index (χ2v) is 14.5. The number of para-hydroxylation sites is 1. The Morgan fingerprint density at radius 1 is 1.00 bits per heavy atom. The van der Waals surface area contributed by atoms with E-state index in [9.17, 15) is 19.0 Å². The first-order valence-electron chi connectivity index (χ1n) is 14.3. The van der Waals surface area contributed by atoms with Gasteiger partial charge in [-0.05, 0) is 74.8 Å².